The second kappa shape index (κ2) is 5.17. The largest absolute Gasteiger partial charge is 0.481 e. The van der Waals surface area contributed by atoms with E-state index in [0.29, 0.717) is 6.42 Å². The van der Waals surface area contributed by atoms with Crippen LogP contribution < -0.4 is 5.32 Å². The first-order chi connectivity index (χ1) is 10.0. The normalized spacial score (nSPS) is 28.3. The molecular weight excluding hydrogens is 266 g/mol. The number of rotatable bonds is 3. The van der Waals surface area contributed by atoms with Crippen molar-refractivity contribution in [2.24, 2.45) is 11.3 Å². The Kier molecular flexibility index (Phi) is 3.47. The van der Waals surface area contributed by atoms with E-state index in [1.807, 2.05) is 12.1 Å². The van der Waals surface area contributed by atoms with Crippen molar-refractivity contribution in [3.8, 4) is 0 Å². The molecule has 2 aliphatic rings. The molecular formula is C17H21NO3. The summed E-state index contributed by atoms with van der Waals surface area (Å²) in [5.41, 5.74) is 1.66. The van der Waals surface area contributed by atoms with Crippen LogP contribution in [-0.2, 0) is 22.4 Å². The monoisotopic (exact) mass is 287 g/mol. The summed E-state index contributed by atoms with van der Waals surface area (Å²) >= 11 is 0. The van der Waals surface area contributed by atoms with Crippen LogP contribution >= 0.6 is 0 Å². The van der Waals surface area contributed by atoms with Gasteiger partial charge in [0.15, 0.2) is 0 Å². The van der Waals surface area contributed by atoms with Crippen molar-refractivity contribution in [3.63, 3.8) is 0 Å². The summed E-state index contributed by atoms with van der Waals surface area (Å²) in [6.07, 6.45) is 3.78. The van der Waals surface area contributed by atoms with Gasteiger partial charge in [-0.1, -0.05) is 30.7 Å². The summed E-state index contributed by atoms with van der Waals surface area (Å²) in [6.45, 7) is 1.75. The standard InChI is InChI=1S/C17H21NO3/c1-17(16(20)21)8-4-7-14(17)18-15(19)13-9-11-5-2-3-6-12(11)10-13/h2-3,5-6,13-14H,4,7-10H2,1H3,(H,18,19)(H,20,21). The van der Waals surface area contributed by atoms with Gasteiger partial charge in [-0.15, -0.1) is 0 Å². The molecule has 2 unspecified atom stereocenters. The number of hydrogen-bond donors (Lipinski definition) is 2. The van der Waals surface area contributed by atoms with E-state index in [4.69, 9.17) is 0 Å². The number of hydrogen-bond acceptors (Lipinski definition) is 2. The van der Waals surface area contributed by atoms with Gasteiger partial charge in [0.25, 0.3) is 0 Å². The fourth-order valence-corrected chi connectivity index (χ4v) is 3.69. The number of amides is 1. The fraction of sp³-hybridized carbons (Fsp3) is 0.529. The second-order valence-corrected chi connectivity index (χ2v) is 6.55. The van der Waals surface area contributed by atoms with E-state index >= 15 is 0 Å². The van der Waals surface area contributed by atoms with Crippen LogP contribution in [0, 0.1) is 11.3 Å². The molecule has 0 heterocycles. The Balaban J connectivity index is 1.67. The van der Waals surface area contributed by atoms with Gasteiger partial charge in [-0.3, -0.25) is 9.59 Å². The Morgan fingerprint density at radius 2 is 1.86 bits per heavy atom. The number of benzene rings is 1. The Hall–Kier alpha value is -1.84. The lowest BCUT2D eigenvalue weighted by Crippen LogP contribution is -2.48. The average molecular weight is 287 g/mol. The van der Waals surface area contributed by atoms with Crippen LogP contribution in [0.5, 0.6) is 0 Å². The van der Waals surface area contributed by atoms with Crippen LogP contribution in [0.1, 0.15) is 37.3 Å². The molecule has 2 atom stereocenters. The third-order valence-corrected chi connectivity index (χ3v) is 5.18. The lowest BCUT2D eigenvalue weighted by Gasteiger charge is -2.28. The number of aliphatic carboxylic acids is 1. The van der Waals surface area contributed by atoms with E-state index in [-0.39, 0.29) is 17.9 Å². The molecule has 0 bridgehead atoms. The van der Waals surface area contributed by atoms with Gasteiger partial charge < -0.3 is 10.4 Å². The fourth-order valence-electron chi connectivity index (χ4n) is 3.69. The van der Waals surface area contributed by atoms with Gasteiger partial charge in [0, 0.05) is 12.0 Å². The zero-order valence-corrected chi connectivity index (χ0v) is 12.3. The Labute approximate surface area is 124 Å². The topological polar surface area (TPSA) is 66.4 Å². The number of carboxylic acids is 1. The molecule has 3 rings (SSSR count). The Morgan fingerprint density at radius 1 is 1.24 bits per heavy atom. The summed E-state index contributed by atoms with van der Waals surface area (Å²) in [5, 5.41) is 12.4. The molecule has 21 heavy (non-hydrogen) atoms. The van der Waals surface area contributed by atoms with Crippen molar-refractivity contribution in [3.05, 3.63) is 35.4 Å². The highest BCUT2D eigenvalue weighted by atomic mass is 16.4. The first-order valence-corrected chi connectivity index (χ1v) is 7.61. The van der Waals surface area contributed by atoms with Crippen LogP contribution in [0.25, 0.3) is 0 Å². The number of nitrogens with one attached hydrogen (secondary N) is 1. The molecule has 2 N–H and O–H groups in total. The highest BCUT2D eigenvalue weighted by Crippen LogP contribution is 2.38. The number of carbonyl (C=O) groups excluding carboxylic acids is 1. The lowest BCUT2D eigenvalue weighted by molar-refractivity contribution is -0.149. The molecule has 2 aliphatic carbocycles. The van der Waals surface area contributed by atoms with E-state index in [0.717, 1.165) is 25.7 Å². The smallest absolute Gasteiger partial charge is 0.311 e. The minimum atomic E-state index is -0.818. The molecule has 1 fully saturated rings. The van der Waals surface area contributed by atoms with Gasteiger partial charge in [0.1, 0.15) is 0 Å². The van der Waals surface area contributed by atoms with E-state index in [1.165, 1.54) is 11.1 Å². The predicted molar refractivity (Wildman–Crippen MR) is 78.9 cm³/mol. The van der Waals surface area contributed by atoms with Crippen molar-refractivity contribution in [1.29, 1.82) is 0 Å². The van der Waals surface area contributed by atoms with E-state index in [1.54, 1.807) is 6.92 Å². The van der Waals surface area contributed by atoms with Crippen molar-refractivity contribution in [1.82, 2.24) is 5.32 Å². The third-order valence-electron chi connectivity index (χ3n) is 5.18. The summed E-state index contributed by atoms with van der Waals surface area (Å²) in [6, 6.07) is 7.89. The zero-order valence-electron chi connectivity index (χ0n) is 12.3. The molecule has 112 valence electrons. The molecule has 4 nitrogen and oxygen atoms in total. The highest BCUT2D eigenvalue weighted by molar-refractivity contribution is 5.82. The summed E-state index contributed by atoms with van der Waals surface area (Å²) in [7, 11) is 0. The van der Waals surface area contributed by atoms with Crippen molar-refractivity contribution in [2.75, 3.05) is 0 Å². The molecule has 1 saturated carbocycles. The van der Waals surface area contributed by atoms with Crippen LogP contribution in [0.2, 0.25) is 0 Å². The SMILES string of the molecule is CC1(C(=O)O)CCCC1NC(=O)C1Cc2ccccc2C1. The van der Waals surface area contributed by atoms with Crippen LogP contribution in [-0.4, -0.2) is 23.0 Å². The number of carbonyl (C=O) groups is 2. The molecule has 1 aromatic rings. The van der Waals surface area contributed by atoms with E-state index < -0.39 is 11.4 Å². The maximum Gasteiger partial charge on any atom is 0.311 e. The highest BCUT2D eigenvalue weighted by Gasteiger charge is 2.46. The average Bonchev–Trinajstić information content (AvgIpc) is 3.04. The maximum atomic E-state index is 12.5. The molecule has 1 aromatic carbocycles. The molecule has 0 saturated heterocycles. The third kappa shape index (κ3) is 2.43. The number of fused-ring (bicyclic) bond motifs is 1. The molecule has 0 aliphatic heterocycles. The van der Waals surface area contributed by atoms with Gasteiger partial charge in [-0.2, -0.15) is 0 Å². The van der Waals surface area contributed by atoms with Crippen molar-refractivity contribution in [2.45, 2.75) is 45.1 Å². The van der Waals surface area contributed by atoms with Gasteiger partial charge >= 0.3 is 5.97 Å². The van der Waals surface area contributed by atoms with Gasteiger partial charge in [-0.25, -0.2) is 0 Å². The van der Waals surface area contributed by atoms with E-state index in [2.05, 4.69) is 17.4 Å². The minimum Gasteiger partial charge on any atom is -0.481 e. The molecule has 0 radical (unpaired) electrons. The van der Waals surface area contributed by atoms with Crippen LogP contribution in [0.15, 0.2) is 24.3 Å². The van der Waals surface area contributed by atoms with E-state index in [9.17, 15) is 14.7 Å². The van der Waals surface area contributed by atoms with Crippen molar-refractivity contribution < 1.29 is 14.7 Å². The maximum absolute atomic E-state index is 12.5. The van der Waals surface area contributed by atoms with Gasteiger partial charge in [-0.05, 0) is 43.7 Å². The molecule has 4 heteroatoms. The zero-order chi connectivity index (χ0) is 15.0. The molecule has 0 spiro atoms. The second-order valence-electron chi connectivity index (χ2n) is 6.55. The predicted octanol–water partition coefficient (Wildman–Crippen LogP) is 2.16. The minimum absolute atomic E-state index is 0.00516. The first kappa shape index (κ1) is 14.1. The Bertz CT molecular complexity index is 558. The van der Waals surface area contributed by atoms with Crippen LogP contribution in [0.3, 0.4) is 0 Å². The summed E-state index contributed by atoms with van der Waals surface area (Å²) in [4.78, 5) is 23.9. The number of carboxylic acid groups (broad SMARTS) is 1. The quantitative estimate of drug-likeness (QED) is 0.895. The molecule has 1 amide bonds. The van der Waals surface area contributed by atoms with Gasteiger partial charge in [0.05, 0.1) is 5.41 Å². The summed E-state index contributed by atoms with van der Waals surface area (Å²) < 4.78 is 0. The molecule has 0 aromatic heterocycles. The summed E-state index contributed by atoms with van der Waals surface area (Å²) in [5.74, 6) is -0.855. The Morgan fingerprint density at radius 3 is 2.43 bits per heavy atom. The lowest BCUT2D eigenvalue weighted by atomic mass is 9.84. The van der Waals surface area contributed by atoms with Gasteiger partial charge in [0.2, 0.25) is 5.91 Å². The van der Waals surface area contributed by atoms with Crippen molar-refractivity contribution >= 4 is 11.9 Å². The van der Waals surface area contributed by atoms with Crippen LogP contribution in [0.4, 0.5) is 0 Å². The first-order valence-electron chi connectivity index (χ1n) is 7.61.